The molecule has 2 aromatic rings. The first-order valence-corrected chi connectivity index (χ1v) is 8.38. The number of hydrogen-bond donors (Lipinski definition) is 0. The lowest BCUT2D eigenvalue weighted by molar-refractivity contribution is 1.10. The smallest absolute Gasteiger partial charge is 0.0372 e. The van der Waals surface area contributed by atoms with Gasteiger partial charge in [-0.05, 0) is 41.8 Å². The maximum Gasteiger partial charge on any atom is 0.0372 e. The van der Waals surface area contributed by atoms with Crippen LogP contribution in [-0.4, -0.2) is 28.2 Å². The second-order valence-electron chi connectivity index (χ2n) is 5.52. The summed E-state index contributed by atoms with van der Waals surface area (Å²) in [5.41, 5.74) is 4.98. The van der Waals surface area contributed by atoms with E-state index in [4.69, 9.17) is 0 Å². The highest BCUT2D eigenvalue weighted by molar-refractivity contribution is 9.10. The quantitative estimate of drug-likeness (QED) is 0.703. The largest absolute Gasteiger partial charge is 0.378 e. The summed E-state index contributed by atoms with van der Waals surface area (Å²) >= 11 is 7.37. The standard InChI is InChI=1S/C17H20Br2N2/c1-20(2)14-7-5-12(16(18)10-14)9-13-6-8-15(21(3)4)11-17(13)19/h5-8,10-11H,9H2,1-4H3. The van der Waals surface area contributed by atoms with E-state index in [0.29, 0.717) is 0 Å². The molecule has 0 radical (unpaired) electrons. The molecule has 0 N–H and O–H groups in total. The second kappa shape index (κ2) is 6.84. The molecule has 2 aromatic carbocycles. The zero-order valence-electron chi connectivity index (χ0n) is 12.8. The highest BCUT2D eigenvalue weighted by atomic mass is 79.9. The third-order valence-electron chi connectivity index (χ3n) is 3.49. The van der Waals surface area contributed by atoms with Gasteiger partial charge in [0.05, 0.1) is 0 Å². The van der Waals surface area contributed by atoms with Gasteiger partial charge in [-0.25, -0.2) is 0 Å². The van der Waals surface area contributed by atoms with Crippen molar-refractivity contribution in [3.05, 3.63) is 56.5 Å². The zero-order valence-corrected chi connectivity index (χ0v) is 16.0. The molecule has 0 spiro atoms. The first kappa shape index (κ1) is 16.4. The van der Waals surface area contributed by atoms with E-state index in [1.165, 1.54) is 22.5 Å². The van der Waals surface area contributed by atoms with E-state index in [0.717, 1.165) is 15.4 Å². The Morgan fingerprint density at radius 2 is 1.10 bits per heavy atom. The van der Waals surface area contributed by atoms with Gasteiger partial charge >= 0.3 is 0 Å². The number of rotatable bonds is 4. The van der Waals surface area contributed by atoms with Gasteiger partial charge in [0.2, 0.25) is 0 Å². The molecule has 0 aromatic heterocycles. The Kier molecular flexibility index (Phi) is 5.33. The summed E-state index contributed by atoms with van der Waals surface area (Å²) in [7, 11) is 8.21. The van der Waals surface area contributed by atoms with Crippen LogP contribution in [0.1, 0.15) is 11.1 Å². The summed E-state index contributed by atoms with van der Waals surface area (Å²) < 4.78 is 2.30. The van der Waals surface area contributed by atoms with Crippen LogP contribution >= 0.6 is 31.9 Å². The molecule has 0 aliphatic carbocycles. The van der Waals surface area contributed by atoms with Crippen molar-refractivity contribution in [2.45, 2.75) is 6.42 Å². The maximum atomic E-state index is 3.68. The number of benzene rings is 2. The van der Waals surface area contributed by atoms with E-state index in [-0.39, 0.29) is 0 Å². The van der Waals surface area contributed by atoms with Crippen molar-refractivity contribution in [3.63, 3.8) is 0 Å². The minimum atomic E-state index is 0.905. The monoisotopic (exact) mass is 410 g/mol. The number of hydrogen-bond acceptors (Lipinski definition) is 2. The van der Waals surface area contributed by atoms with Crippen molar-refractivity contribution in [2.75, 3.05) is 38.0 Å². The summed E-state index contributed by atoms with van der Waals surface area (Å²) in [6.07, 6.45) is 0.905. The van der Waals surface area contributed by atoms with E-state index >= 15 is 0 Å². The summed E-state index contributed by atoms with van der Waals surface area (Å²) in [6, 6.07) is 13.0. The Bertz CT molecular complexity index is 581. The fourth-order valence-electron chi connectivity index (χ4n) is 2.12. The topological polar surface area (TPSA) is 6.48 Å². The van der Waals surface area contributed by atoms with E-state index in [1.807, 2.05) is 0 Å². The van der Waals surface area contributed by atoms with Gasteiger partial charge in [0.1, 0.15) is 0 Å². The Morgan fingerprint density at radius 3 is 1.38 bits per heavy atom. The van der Waals surface area contributed by atoms with Gasteiger partial charge in [0.25, 0.3) is 0 Å². The van der Waals surface area contributed by atoms with Crippen LogP contribution in [0, 0.1) is 0 Å². The van der Waals surface area contributed by atoms with Gasteiger partial charge in [-0.1, -0.05) is 44.0 Å². The molecular weight excluding hydrogens is 392 g/mol. The molecule has 0 bridgehead atoms. The molecule has 0 fully saturated rings. The first-order chi connectivity index (χ1) is 9.88. The lowest BCUT2D eigenvalue weighted by atomic mass is 10.0. The van der Waals surface area contributed by atoms with Crippen LogP contribution in [0.15, 0.2) is 45.3 Å². The predicted octanol–water partition coefficient (Wildman–Crippen LogP) is 4.93. The Hall–Kier alpha value is -1.00. The second-order valence-corrected chi connectivity index (χ2v) is 7.23. The Balaban J connectivity index is 2.26. The van der Waals surface area contributed by atoms with Crippen LogP contribution in [0.2, 0.25) is 0 Å². The molecule has 2 rings (SSSR count). The lowest BCUT2D eigenvalue weighted by Gasteiger charge is -2.16. The third-order valence-corrected chi connectivity index (χ3v) is 4.96. The van der Waals surface area contributed by atoms with Crippen molar-refractivity contribution < 1.29 is 0 Å². The summed E-state index contributed by atoms with van der Waals surface area (Å²) in [5.74, 6) is 0. The fourth-order valence-corrected chi connectivity index (χ4v) is 3.13. The zero-order chi connectivity index (χ0) is 15.6. The molecule has 0 atom stereocenters. The van der Waals surface area contributed by atoms with E-state index in [2.05, 4.69) is 106 Å². The number of halogens is 2. The predicted molar refractivity (Wildman–Crippen MR) is 99.7 cm³/mol. The third kappa shape index (κ3) is 4.01. The lowest BCUT2D eigenvalue weighted by Crippen LogP contribution is -2.09. The average Bonchev–Trinajstić information content (AvgIpc) is 2.42. The van der Waals surface area contributed by atoms with E-state index in [1.54, 1.807) is 0 Å². The van der Waals surface area contributed by atoms with Gasteiger partial charge in [-0.3, -0.25) is 0 Å². The molecule has 0 unspecified atom stereocenters. The Labute approximate surface area is 144 Å². The van der Waals surface area contributed by atoms with Crippen molar-refractivity contribution in [2.24, 2.45) is 0 Å². The molecule has 0 aliphatic rings. The van der Waals surface area contributed by atoms with Crippen molar-refractivity contribution in [3.8, 4) is 0 Å². The fraction of sp³-hybridized carbons (Fsp3) is 0.294. The molecule has 0 heterocycles. The average molecular weight is 412 g/mol. The molecule has 21 heavy (non-hydrogen) atoms. The summed E-state index contributed by atoms with van der Waals surface area (Å²) in [6.45, 7) is 0. The highest BCUT2D eigenvalue weighted by Crippen LogP contribution is 2.29. The molecule has 112 valence electrons. The van der Waals surface area contributed by atoms with E-state index < -0.39 is 0 Å². The molecule has 0 amide bonds. The van der Waals surface area contributed by atoms with Crippen molar-refractivity contribution in [1.29, 1.82) is 0 Å². The molecule has 0 aliphatic heterocycles. The van der Waals surface area contributed by atoms with Crippen LogP contribution in [0.4, 0.5) is 11.4 Å². The highest BCUT2D eigenvalue weighted by Gasteiger charge is 2.08. The summed E-state index contributed by atoms with van der Waals surface area (Å²) in [5, 5.41) is 0. The minimum Gasteiger partial charge on any atom is -0.378 e. The first-order valence-electron chi connectivity index (χ1n) is 6.80. The van der Waals surface area contributed by atoms with Crippen LogP contribution in [-0.2, 0) is 6.42 Å². The SMILES string of the molecule is CN(C)c1ccc(Cc2ccc(N(C)C)cc2Br)c(Br)c1. The number of anilines is 2. The molecular formula is C17H20Br2N2. The van der Waals surface area contributed by atoms with Crippen LogP contribution < -0.4 is 9.80 Å². The molecule has 0 saturated carbocycles. The van der Waals surface area contributed by atoms with Gasteiger partial charge in [0.15, 0.2) is 0 Å². The van der Waals surface area contributed by atoms with Gasteiger partial charge in [0, 0.05) is 48.5 Å². The van der Waals surface area contributed by atoms with Gasteiger partial charge < -0.3 is 9.80 Å². The Morgan fingerprint density at radius 1 is 0.714 bits per heavy atom. The minimum absolute atomic E-state index is 0.905. The molecule has 2 nitrogen and oxygen atoms in total. The van der Waals surface area contributed by atoms with Crippen LogP contribution in [0.3, 0.4) is 0 Å². The van der Waals surface area contributed by atoms with Crippen LogP contribution in [0.5, 0.6) is 0 Å². The molecule has 4 heteroatoms. The van der Waals surface area contributed by atoms with Crippen molar-refractivity contribution >= 4 is 43.2 Å². The normalized spacial score (nSPS) is 10.6. The van der Waals surface area contributed by atoms with Gasteiger partial charge in [-0.2, -0.15) is 0 Å². The maximum absolute atomic E-state index is 3.68. The van der Waals surface area contributed by atoms with Crippen molar-refractivity contribution in [1.82, 2.24) is 0 Å². The van der Waals surface area contributed by atoms with Gasteiger partial charge in [-0.15, -0.1) is 0 Å². The number of nitrogens with zero attached hydrogens (tertiary/aromatic N) is 2. The van der Waals surface area contributed by atoms with E-state index in [9.17, 15) is 0 Å². The molecule has 0 saturated heterocycles. The van der Waals surface area contributed by atoms with Crippen LogP contribution in [0.25, 0.3) is 0 Å². The summed E-state index contributed by atoms with van der Waals surface area (Å²) in [4.78, 5) is 4.21.